The number of ether oxygens (including phenoxy) is 2. The number of hydrogen-bond donors (Lipinski definition) is 3. The number of anilines is 1. The molecule has 2 saturated heterocycles. The number of aromatic amines is 1. The summed E-state index contributed by atoms with van der Waals surface area (Å²) in [5, 5.41) is 6.76. The number of carbonyl (C=O) groups excluding carboxylic acids is 1. The molecule has 0 aliphatic carbocycles. The number of carbonyl (C=O) groups is 1. The van der Waals surface area contributed by atoms with E-state index >= 15 is 0 Å². The van der Waals surface area contributed by atoms with Crippen molar-refractivity contribution in [1.29, 1.82) is 0 Å². The van der Waals surface area contributed by atoms with Gasteiger partial charge in [0.1, 0.15) is 0 Å². The number of aryl methyl sites for hydroxylation is 2. The van der Waals surface area contributed by atoms with Crippen LogP contribution in [0.4, 0.5) is 5.69 Å². The highest BCUT2D eigenvalue weighted by Crippen LogP contribution is 2.31. The molecule has 3 heterocycles. The first-order valence-corrected chi connectivity index (χ1v) is 15.2. The highest BCUT2D eigenvalue weighted by molar-refractivity contribution is 5.98. The first kappa shape index (κ1) is 30.0. The van der Waals surface area contributed by atoms with Crippen LogP contribution in [-0.2, 0) is 22.6 Å². The van der Waals surface area contributed by atoms with Gasteiger partial charge < -0.3 is 25.1 Å². The molecule has 5 rings (SSSR count). The van der Waals surface area contributed by atoms with Crippen LogP contribution in [0.15, 0.2) is 47.3 Å². The molecule has 2 fully saturated rings. The Morgan fingerprint density at radius 3 is 2.50 bits per heavy atom. The number of aromatic nitrogens is 1. The number of benzene rings is 2. The molecule has 0 spiro atoms. The molecule has 42 heavy (non-hydrogen) atoms. The predicted molar refractivity (Wildman–Crippen MR) is 167 cm³/mol. The zero-order chi connectivity index (χ0) is 29.6. The molecule has 2 aromatic carbocycles. The second-order valence-corrected chi connectivity index (χ2v) is 11.7. The van der Waals surface area contributed by atoms with Gasteiger partial charge in [0.15, 0.2) is 0 Å². The molecule has 1 aromatic heterocycles. The first-order valence-electron chi connectivity index (χ1n) is 15.2. The van der Waals surface area contributed by atoms with Crippen LogP contribution in [0.2, 0.25) is 0 Å². The van der Waals surface area contributed by atoms with Crippen molar-refractivity contribution in [2.75, 3.05) is 38.2 Å². The normalized spacial score (nSPS) is 19.4. The van der Waals surface area contributed by atoms with Crippen molar-refractivity contribution >= 4 is 11.6 Å². The Bertz CT molecular complexity index is 1440. The third kappa shape index (κ3) is 7.30. The van der Waals surface area contributed by atoms with Crippen LogP contribution < -0.4 is 16.2 Å². The summed E-state index contributed by atoms with van der Waals surface area (Å²) in [6, 6.07) is 15.0. The third-order valence-corrected chi connectivity index (χ3v) is 8.55. The maximum atomic E-state index is 13.6. The Morgan fingerprint density at radius 2 is 1.79 bits per heavy atom. The highest BCUT2D eigenvalue weighted by atomic mass is 16.5. The summed E-state index contributed by atoms with van der Waals surface area (Å²) in [6.45, 7) is 13.2. The largest absolute Gasteiger partial charge is 0.382 e. The molecule has 0 radical (unpaired) electrons. The average Bonchev–Trinajstić information content (AvgIpc) is 2.98. The number of pyridine rings is 1. The molecule has 224 valence electrons. The SMILES string of the molecule is CC[C@@H]1CC(Nc2cc(-c3ccc(CN4CCOCC4)cc3)cc(C(=O)NCc3c(C)cc(C)[nH]c3=O)c2C)CCO1. The van der Waals surface area contributed by atoms with E-state index < -0.39 is 0 Å². The molecular formula is C34H44N4O4. The van der Waals surface area contributed by atoms with E-state index in [1.165, 1.54) is 5.56 Å². The number of amides is 1. The molecule has 1 unspecified atom stereocenters. The molecule has 8 nitrogen and oxygen atoms in total. The molecule has 8 heteroatoms. The minimum Gasteiger partial charge on any atom is -0.382 e. The van der Waals surface area contributed by atoms with Gasteiger partial charge in [0.05, 0.1) is 19.3 Å². The summed E-state index contributed by atoms with van der Waals surface area (Å²) >= 11 is 0. The maximum absolute atomic E-state index is 13.6. The van der Waals surface area contributed by atoms with Gasteiger partial charge in [-0.25, -0.2) is 0 Å². The fourth-order valence-corrected chi connectivity index (χ4v) is 5.97. The Balaban J connectivity index is 1.41. The Kier molecular flexibility index (Phi) is 9.77. The van der Waals surface area contributed by atoms with E-state index in [9.17, 15) is 9.59 Å². The van der Waals surface area contributed by atoms with E-state index in [2.05, 4.69) is 57.8 Å². The molecule has 2 aliphatic heterocycles. The molecule has 0 bridgehead atoms. The number of hydrogen-bond acceptors (Lipinski definition) is 6. The van der Waals surface area contributed by atoms with Crippen molar-refractivity contribution in [3.8, 4) is 11.1 Å². The first-order chi connectivity index (χ1) is 20.3. The lowest BCUT2D eigenvalue weighted by Gasteiger charge is -2.31. The summed E-state index contributed by atoms with van der Waals surface area (Å²) in [4.78, 5) is 31.5. The summed E-state index contributed by atoms with van der Waals surface area (Å²) in [7, 11) is 0. The highest BCUT2D eigenvalue weighted by Gasteiger charge is 2.23. The molecule has 2 atom stereocenters. The Hall–Kier alpha value is -3.46. The fourth-order valence-electron chi connectivity index (χ4n) is 5.97. The van der Waals surface area contributed by atoms with E-state index in [-0.39, 0.29) is 30.2 Å². The van der Waals surface area contributed by atoms with E-state index in [0.29, 0.717) is 11.1 Å². The van der Waals surface area contributed by atoms with Crippen LogP contribution >= 0.6 is 0 Å². The zero-order valence-corrected chi connectivity index (χ0v) is 25.3. The van der Waals surface area contributed by atoms with Gasteiger partial charge in [0, 0.05) is 61.3 Å². The predicted octanol–water partition coefficient (Wildman–Crippen LogP) is 5.10. The van der Waals surface area contributed by atoms with E-state index in [1.54, 1.807) is 0 Å². The van der Waals surface area contributed by atoms with E-state index in [4.69, 9.17) is 9.47 Å². The Labute approximate surface area is 248 Å². The zero-order valence-electron chi connectivity index (χ0n) is 25.3. The van der Waals surface area contributed by atoms with Gasteiger partial charge in [-0.05, 0) is 86.1 Å². The monoisotopic (exact) mass is 572 g/mol. The van der Waals surface area contributed by atoms with Crippen molar-refractivity contribution in [3.05, 3.63) is 86.3 Å². The maximum Gasteiger partial charge on any atom is 0.253 e. The van der Waals surface area contributed by atoms with Gasteiger partial charge in [-0.3, -0.25) is 14.5 Å². The van der Waals surface area contributed by atoms with Crippen molar-refractivity contribution < 1.29 is 14.3 Å². The van der Waals surface area contributed by atoms with Crippen molar-refractivity contribution in [2.24, 2.45) is 0 Å². The van der Waals surface area contributed by atoms with Crippen molar-refractivity contribution in [1.82, 2.24) is 15.2 Å². The lowest BCUT2D eigenvalue weighted by molar-refractivity contribution is 0.00924. The smallest absolute Gasteiger partial charge is 0.253 e. The second-order valence-electron chi connectivity index (χ2n) is 11.7. The molecule has 2 aliphatic rings. The average molecular weight is 573 g/mol. The van der Waals surface area contributed by atoms with Gasteiger partial charge in [-0.15, -0.1) is 0 Å². The number of nitrogens with one attached hydrogen (secondary N) is 3. The fraction of sp³-hybridized carbons (Fsp3) is 0.471. The number of nitrogens with zero attached hydrogens (tertiary/aromatic N) is 1. The minimum absolute atomic E-state index is 0.164. The van der Waals surface area contributed by atoms with Gasteiger partial charge in [-0.2, -0.15) is 0 Å². The van der Waals surface area contributed by atoms with Gasteiger partial charge in [0.2, 0.25) is 0 Å². The standard InChI is InChI=1S/C34H44N4O4/c1-5-29-19-28(10-13-42-29)37-32-18-27(26-8-6-25(7-9-26)21-38-11-14-41-15-12-38)17-30(24(32)4)33(39)35-20-31-22(2)16-23(3)36-34(31)40/h6-9,16-18,28-29,37H,5,10-15,19-21H2,1-4H3,(H,35,39)(H,36,40)/t28?,29-/m1/s1. The third-order valence-electron chi connectivity index (χ3n) is 8.55. The number of morpholine rings is 1. The van der Waals surface area contributed by atoms with E-state index in [0.717, 1.165) is 92.4 Å². The van der Waals surface area contributed by atoms with E-state index in [1.807, 2.05) is 32.9 Å². The van der Waals surface area contributed by atoms with Crippen LogP contribution in [0, 0.1) is 20.8 Å². The summed E-state index contributed by atoms with van der Waals surface area (Å²) in [6.07, 6.45) is 3.09. The molecule has 0 saturated carbocycles. The topological polar surface area (TPSA) is 95.7 Å². The summed E-state index contributed by atoms with van der Waals surface area (Å²) in [5.74, 6) is -0.195. The second kappa shape index (κ2) is 13.7. The molecule has 3 N–H and O–H groups in total. The molecule has 1 amide bonds. The van der Waals surface area contributed by atoms with Crippen LogP contribution in [0.1, 0.15) is 64.5 Å². The van der Waals surface area contributed by atoms with Gasteiger partial charge >= 0.3 is 0 Å². The van der Waals surface area contributed by atoms with Crippen LogP contribution in [0.5, 0.6) is 0 Å². The van der Waals surface area contributed by atoms with Crippen LogP contribution in [0.25, 0.3) is 11.1 Å². The number of rotatable bonds is 9. The van der Waals surface area contributed by atoms with Crippen LogP contribution in [-0.4, -0.2) is 60.8 Å². The number of H-pyrrole nitrogens is 1. The summed E-state index contributed by atoms with van der Waals surface area (Å²) < 4.78 is 11.4. The minimum atomic E-state index is -0.195. The molecular weight excluding hydrogens is 528 g/mol. The quantitative estimate of drug-likeness (QED) is 0.330. The Morgan fingerprint density at radius 1 is 1.02 bits per heavy atom. The summed E-state index contributed by atoms with van der Waals surface area (Å²) in [5.41, 5.74) is 7.84. The van der Waals surface area contributed by atoms with Crippen LogP contribution in [0.3, 0.4) is 0 Å². The van der Waals surface area contributed by atoms with Gasteiger partial charge in [-0.1, -0.05) is 31.2 Å². The lowest BCUT2D eigenvalue weighted by Crippen LogP contribution is -2.35. The van der Waals surface area contributed by atoms with Gasteiger partial charge in [0.25, 0.3) is 11.5 Å². The van der Waals surface area contributed by atoms with Crippen molar-refractivity contribution in [3.63, 3.8) is 0 Å². The van der Waals surface area contributed by atoms with Crippen molar-refractivity contribution in [2.45, 2.75) is 72.2 Å². The lowest BCUT2D eigenvalue weighted by atomic mass is 9.95. The molecule has 3 aromatic rings.